The number of aliphatic hydroxyl groups excluding tert-OH is 1. The maximum atomic E-state index is 13.8. The molecule has 0 radical (unpaired) electrons. The van der Waals surface area contributed by atoms with Gasteiger partial charge in [0.25, 0.3) is 0 Å². The van der Waals surface area contributed by atoms with Crippen molar-refractivity contribution < 1.29 is 18.7 Å². The predicted molar refractivity (Wildman–Crippen MR) is 82.0 cm³/mol. The highest BCUT2D eigenvalue weighted by molar-refractivity contribution is 5.90. The zero-order valence-corrected chi connectivity index (χ0v) is 12.5. The summed E-state index contributed by atoms with van der Waals surface area (Å²) in [5.74, 6) is -0.0379. The van der Waals surface area contributed by atoms with Crippen LogP contribution in [0, 0.1) is 11.7 Å². The highest BCUT2D eigenvalue weighted by Gasteiger charge is 2.15. The largest absolute Gasteiger partial charge is 0.464 e. The van der Waals surface area contributed by atoms with Gasteiger partial charge in [-0.15, -0.1) is 0 Å². The van der Waals surface area contributed by atoms with E-state index >= 15 is 0 Å². The molecule has 1 aromatic heterocycles. The van der Waals surface area contributed by atoms with Gasteiger partial charge in [0.15, 0.2) is 0 Å². The highest BCUT2D eigenvalue weighted by atomic mass is 19.1. The number of anilines is 1. The van der Waals surface area contributed by atoms with Crippen LogP contribution in [0.2, 0.25) is 0 Å². The first-order chi connectivity index (χ1) is 10.5. The first-order valence-electron chi connectivity index (χ1n) is 7.03. The third-order valence-electron chi connectivity index (χ3n) is 3.52. The lowest BCUT2D eigenvalue weighted by atomic mass is 10.1. The third-order valence-corrected chi connectivity index (χ3v) is 3.52. The Morgan fingerprint density at radius 1 is 1.36 bits per heavy atom. The van der Waals surface area contributed by atoms with Gasteiger partial charge in [0.2, 0.25) is 0 Å². The Labute approximate surface area is 128 Å². The van der Waals surface area contributed by atoms with Crippen molar-refractivity contribution in [3.63, 3.8) is 0 Å². The van der Waals surface area contributed by atoms with E-state index in [0.29, 0.717) is 11.3 Å². The SMILES string of the molecule is C[C@@H](CO)[C@@H](C)NC(=O)Nc1cc(-c2ccco2)ccc1F. The number of halogens is 1. The monoisotopic (exact) mass is 306 g/mol. The lowest BCUT2D eigenvalue weighted by Gasteiger charge is -2.19. The average Bonchev–Trinajstić information content (AvgIpc) is 3.02. The summed E-state index contributed by atoms with van der Waals surface area (Å²) in [5.41, 5.74) is 0.730. The van der Waals surface area contributed by atoms with Crippen molar-refractivity contribution in [1.82, 2.24) is 5.32 Å². The van der Waals surface area contributed by atoms with Gasteiger partial charge in [-0.2, -0.15) is 0 Å². The molecule has 3 N–H and O–H groups in total. The van der Waals surface area contributed by atoms with Gasteiger partial charge in [-0.3, -0.25) is 0 Å². The molecule has 0 aliphatic carbocycles. The standard InChI is InChI=1S/C16H19FN2O3/c1-10(9-20)11(2)18-16(21)19-14-8-12(5-6-13(14)17)15-4-3-7-22-15/h3-8,10-11,20H,9H2,1-2H3,(H2,18,19,21)/t10-,11+/m0/s1. The van der Waals surface area contributed by atoms with Gasteiger partial charge in [0, 0.05) is 18.2 Å². The summed E-state index contributed by atoms with van der Waals surface area (Å²) in [4.78, 5) is 11.9. The van der Waals surface area contributed by atoms with E-state index in [9.17, 15) is 9.18 Å². The molecule has 2 amide bonds. The van der Waals surface area contributed by atoms with Gasteiger partial charge >= 0.3 is 6.03 Å². The van der Waals surface area contributed by atoms with Crippen molar-refractivity contribution in [3.05, 3.63) is 42.4 Å². The van der Waals surface area contributed by atoms with Gasteiger partial charge in [0.1, 0.15) is 11.6 Å². The van der Waals surface area contributed by atoms with Crippen molar-refractivity contribution in [2.24, 2.45) is 5.92 Å². The van der Waals surface area contributed by atoms with E-state index in [2.05, 4.69) is 10.6 Å². The number of carbonyl (C=O) groups is 1. The van der Waals surface area contributed by atoms with Gasteiger partial charge in [-0.05, 0) is 43.2 Å². The maximum absolute atomic E-state index is 13.8. The number of benzene rings is 1. The second-order valence-corrected chi connectivity index (χ2v) is 5.22. The summed E-state index contributed by atoms with van der Waals surface area (Å²) in [6.45, 7) is 3.54. The van der Waals surface area contributed by atoms with Crippen LogP contribution in [-0.4, -0.2) is 23.8 Å². The molecule has 118 valence electrons. The van der Waals surface area contributed by atoms with Crippen molar-refractivity contribution in [2.75, 3.05) is 11.9 Å². The van der Waals surface area contributed by atoms with E-state index in [-0.39, 0.29) is 24.3 Å². The van der Waals surface area contributed by atoms with Crippen LogP contribution in [-0.2, 0) is 0 Å². The van der Waals surface area contributed by atoms with Crippen LogP contribution < -0.4 is 10.6 Å². The van der Waals surface area contributed by atoms with E-state index in [1.165, 1.54) is 18.4 Å². The molecule has 0 aliphatic heterocycles. The van der Waals surface area contributed by atoms with Crippen LogP contribution in [0.4, 0.5) is 14.9 Å². The van der Waals surface area contributed by atoms with Crippen molar-refractivity contribution >= 4 is 11.7 Å². The molecule has 1 heterocycles. The van der Waals surface area contributed by atoms with Crippen molar-refractivity contribution in [3.8, 4) is 11.3 Å². The normalized spacial score (nSPS) is 13.5. The number of rotatable bonds is 5. The molecule has 0 fully saturated rings. The number of urea groups is 1. The summed E-state index contributed by atoms with van der Waals surface area (Å²) in [7, 11) is 0. The third kappa shape index (κ3) is 3.85. The minimum atomic E-state index is -0.534. The Balaban J connectivity index is 2.09. The molecule has 2 atom stereocenters. The van der Waals surface area contributed by atoms with Crippen molar-refractivity contribution in [2.45, 2.75) is 19.9 Å². The molecule has 1 aromatic carbocycles. The second-order valence-electron chi connectivity index (χ2n) is 5.22. The Kier molecular flexibility index (Phi) is 5.16. The maximum Gasteiger partial charge on any atom is 0.319 e. The van der Waals surface area contributed by atoms with Crippen LogP contribution in [0.15, 0.2) is 41.0 Å². The van der Waals surface area contributed by atoms with E-state index in [4.69, 9.17) is 9.52 Å². The second kappa shape index (κ2) is 7.09. The van der Waals surface area contributed by atoms with Crippen LogP contribution in [0.25, 0.3) is 11.3 Å². The molecule has 2 rings (SSSR count). The summed E-state index contributed by atoms with van der Waals surface area (Å²) >= 11 is 0. The van der Waals surface area contributed by atoms with Crippen LogP contribution in [0.1, 0.15) is 13.8 Å². The number of hydrogen-bond acceptors (Lipinski definition) is 3. The minimum absolute atomic E-state index is 0.0379. The van der Waals surface area contributed by atoms with E-state index in [1.54, 1.807) is 25.1 Å². The van der Waals surface area contributed by atoms with Crippen LogP contribution in [0.5, 0.6) is 0 Å². The number of furan rings is 1. The quantitative estimate of drug-likeness (QED) is 0.794. The van der Waals surface area contributed by atoms with Gasteiger partial charge in [0.05, 0.1) is 12.0 Å². The highest BCUT2D eigenvalue weighted by Crippen LogP contribution is 2.25. The molecule has 0 spiro atoms. The zero-order chi connectivity index (χ0) is 16.1. The lowest BCUT2D eigenvalue weighted by Crippen LogP contribution is -2.40. The van der Waals surface area contributed by atoms with E-state index in [1.807, 2.05) is 6.92 Å². The molecule has 0 unspecified atom stereocenters. The zero-order valence-electron chi connectivity index (χ0n) is 12.5. The van der Waals surface area contributed by atoms with E-state index in [0.717, 1.165) is 0 Å². The topological polar surface area (TPSA) is 74.5 Å². The first-order valence-corrected chi connectivity index (χ1v) is 7.03. The molecule has 2 aromatic rings. The molecular weight excluding hydrogens is 287 g/mol. The molecule has 0 saturated carbocycles. The molecule has 0 saturated heterocycles. The Bertz CT molecular complexity index is 628. The Morgan fingerprint density at radius 2 is 2.14 bits per heavy atom. The number of nitrogens with one attached hydrogen (secondary N) is 2. The predicted octanol–water partition coefficient (Wildman–Crippen LogP) is 3.22. The fourth-order valence-electron chi connectivity index (χ4n) is 1.88. The summed E-state index contributed by atoms with van der Waals surface area (Å²) in [5, 5.41) is 14.2. The smallest absolute Gasteiger partial charge is 0.319 e. The molecule has 0 bridgehead atoms. The molecular formula is C16H19FN2O3. The molecule has 6 heteroatoms. The summed E-state index contributed by atoms with van der Waals surface area (Å²) in [6, 6.07) is 7.08. The number of aliphatic hydroxyl groups is 1. The number of hydrogen-bond donors (Lipinski definition) is 3. The molecule has 5 nitrogen and oxygen atoms in total. The van der Waals surface area contributed by atoms with E-state index < -0.39 is 11.8 Å². The summed E-state index contributed by atoms with van der Waals surface area (Å²) < 4.78 is 19.1. The average molecular weight is 306 g/mol. The van der Waals surface area contributed by atoms with Crippen LogP contribution >= 0.6 is 0 Å². The minimum Gasteiger partial charge on any atom is -0.464 e. The Morgan fingerprint density at radius 3 is 2.77 bits per heavy atom. The van der Waals surface area contributed by atoms with Crippen LogP contribution in [0.3, 0.4) is 0 Å². The first kappa shape index (κ1) is 16.0. The van der Waals surface area contributed by atoms with Gasteiger partial charge in [-0.25, -0.2) is 9.18 Å². The van der Waals surface area contributed by atoms with Gasteiger partial charge in [-0.1, -0.05) is 6.92 Å². The van der Waals surface area contributed by atoms with Gasteiger partial charge < -0.3 is 20.2 Å². The lowest BCUT2D eigenvalue weighted by molar-refractivity contribution is 0.204. The molecule has 22 heavy (non-hydrogen) atoms. The fraction of sp³-hybridized carbons (Fsp3) is 0.312. The number of carbonyl (C=O) groups excluding carboxylic acids is 1. The fourth-order valence-corrected chi connectivity index (χ4v) is 1.88. The van der Waals surface area contributed by atoms with Crippen molar-refractivity contribution in [1.29, 1.82) is 0 Å². The Hall–Kier alpha value is -2.34. The molecule has 0 aliphatic rings. The number of amides is 2. The summed E-state index contributed by atoms with van der Waals surface area (Å²) in [6.07, 6.45) is 1.52.